The maximum absolute atomic E-state index is 12.7. The van der Waals surface area contributed by atoms with E-state index in [1.54, 1.807) is 4.90 Å². The predicted molar refractivity (Wildman–Crippen MR) is 112 cm³/mol. The van der Waals surface area contributed by atoms with Crippen LogP contribution in [0.2, 0.25) is 0 Å². The lowest BCUT2D eigenvalue weighted by Crippen LogP contribution is -2.45. The van der Waals surface area contributed by atoms with Gasteiger partial charge in [0.2, 0.25) is 15.9 Å². The van der Waals surface area contributed by atoms with Crippen molar-refractivity contribution in [3.8, 4) is 0 Å². The largest absolute Gasteiger partial charge is 0.416 e. The minimum Gasteiger partial charge on any atom is -0.356 e. The Bertz CT molecular complexity index is 919. The average molecular weight is 476 g/mol. The summed E-state index contributed by atoms with van der Waals surface area (Å²) >= 11 is 0. The molecule has 2 aliphatic heterocycles. The highest BCUT2D eigenvalue weighted by molar-refractivity contribution is 7.88. The number of likely N-dealkylation sites (tertiary alicyclic amines) is 1. The molecule has 32 heavy (non-hydrogen) atoms. The first-order valence-corrected chi connectivity index (χ1v) is 12.5. The second-order valence-corrected chi connectivity index (χ2v) is 10.5. The molecule has 2 fully saturated rings. The molecule has 0 aliphatic carbocycles. The van der Waals surface area contributed by atoms with Gasteiger partial charge in [0.05, 0.1) is 11.8 Å². The number of sulfonamides is 1. The summed E-state index contributed by atoms with van der Waals surface area (Å²) in [6, 6.07) is 4.15. The molecular formula is C21H28F3N3O4S. The van der Waals surface area contributed by atoms with Crippen molar-refractivity contribution in [2.45, 2.75) is 31.9 Å². The highest BCUT2D eigenvalue weighted by atomic mass is 32.2. The number of alkyl halides is 3. The van der Waals surface area contributed by atoms with Gasteiger partial charge in [0, 0.05) is 44.2 Å². The Balaban J connectivity index is 1.42. The van der Waals surface area contributed by atoms with E-state index in [1.807, 2.05) is 0 Å². The second-order valence-electron chi connectivity index (χ2n) is 8.49. The van der Waals surface area contributed by atoms with Crippen LogP contribution < -0.4 is 5.32 Å². The van der Waals surface area contributed by atoms with E-state index in [-0.39, 0.29) is 29.2 Å². The summed E-state index contributed by atoms with van der Waals surface area (Å²) < 4.78 is 62.6. The van der Waals surface area contributed by atoms with E-state index in [2.05, 4.69) is 5.32 Å². The first-order chi connectivity index (χ1) is 14.9. The van der Waals surface area contributed by atoms with Crippen LogP contribution in [0.1, 0.15) is 41.6 Å². The molecule has 0 bridgehead atoms. The van der Waals surface area contributed by atoms with Gasteiger partial charge >= 0.3 is 6.18 Å². The monoisotopic (exact) mass is 475 g/mol. The number of carbonyl (C=O) groups excluding carboxylic acids is 2. The SMILES string of the molecule is CS(=O)(=O)N1CCC(CNC(=O)C2CCN(C(=O)c3ccc(C(F)(F)F)cc3)CC2)CC1. The molecule has 11 heteroatoms. The first kappa shape index (κ1) is 24.5. The normalized spacial score (nSPS) is 19.7. The quantitative estimate of drug-likeness (QED) is 0.708. The van der Waals surface area contributed by atoms with Gasteiger partial charge in [0.25, 0.3) is 5.91 Å². The Morgan fingerprint density at radius 3 is 2.06 bits per heavy atom. The Labute approximate surface area is 186 Å². The maximum atomic E-state index is 12.7. The van der Waals surface area contributed by atoms with E-state index in [9.17, 15) is 31.2 Å². The molecule has 1 N–H and O–H groups in total. The number of benzene rings is 1. The molecule has 0 aromatic heterocycles. The molecule has 0 radical (unpaired) electrons. The van der Waals surface area contributed by atoms with Gasteiger partial charge in [-0.3, -0.25) is 9.59 Å². The lowest BCUT2D eigenvalue weighted by molar-refractivity contribution is -0.137. The number of hydrogen-bond donors (Lipinski definition) is 1. The molecule has 2 saturated heterocycles. The number of carbonyl (C=O) groups is 2. The molecule has 7 nitrogen and oxygen atoms in total. The summed E-state index contributed by atoms with van der Waals surface area (Å²) in [6.07, 6.45) is -0.863. The summed E-state index contributed by atoms with van der Waals surface area (Å²) in [5, 5.41) is 2.95. The van der Waals surface area contributed by atoms with E-state index in [0.717, 1.165) is 12.1 Å². The third-order valence-corrected chi connectivity index (χ3v) is 7.52. The molecule has 1 aromatic rings. The molecule has 0 unspecified atom stereocenters. The summed E-state index contributed by atoms with van der Waals surface area (Å²) in [5.74, 6) is -0.395. The second kappa shape index (κ2) is 9.78. The van der Waals surface area contributed by atoms with Gasteiger partial charge in [-0.05, 0) is 55.9 Å². The van der Waals surface area contributed by atoms with E-state index >= 15 is 0 Å². The molecule has 2 amide bonds. The molecule has 0 atom stereocenters. The van der Waals surface area contributed by atoms with Crippen LogP contribution in [0.4, 0.5) is 13.2 Å². The van der Waals surface area contributed by atoms with E-state index in [1.165, 1.54) is 22.7 Å². The van der Waals surface area contributed by atoms with Crippen LogP contribution in [0, 0.1) is 11.8 Å². The van der Waals surface area contributed by atoms with Crippen molar-refractivity contribution in [1.29, 1.82) is 0 Å². The fourth-order valence-electron chi connectivity index (χ4n) is 4.16. The minimum atomic E-state index is -4.45. The Morgan fingerprint density at radius 1 is 1.00 bits per heavy atom. The van der Waals surface area contributed by atoms with Crippen LogP contribution >= 0.6 is 0 Å². The van der Waals surface area contributed by atoms with Gasteiger partial charge < -0.3 is 10.2 Å². The zero-order valence-electron chi connectivity index (χ0n) is 17.9. The minimum absolute atomic E-state index is 0.0721. The highest BCUT2D eigenvalue weighted by Gasteiger charge is 2.32. The van der Waals surface area contributed by atoms with Crippen LogP contribution in [0.25, 0.3) is 0 Å². The van der Waals surface area contributed by atoms with Crippen molar-refractivity contribution in [3.63, 3.8) is 0 Å². The third kappa shape index (κ3) is 6.22. The van der Waals surface area contributed by atoms with E-state index in [4.69, 9.17) is 0 Å². The molecule has 1 aromatic carbocycles. The van der Waals surface area contributed by atoms with Crippen molar-refractivity contribution in [2.75, 3.05) is 39.0 Å². The van der Waals surface area contributed by atoms with Crippen LogP contribution in [-0.4, -0.2) is 68.4 Å². The zero-order chi connectivity index (χ0) is 23.5. The molecule has 2 aliphatic rings. The van der Waals surface area contributed by atoms with Gasteiger partial charge in [0.15, 0.2) is 0 Å². The number of hydrogen-bond acceptors (Lipinski definition) is 4. The summed E-state index contributed by atoms with van der Waals surface area (Å²) in [5.41, 5.74) is -0.604. The summed E-state index contributed by atoms with van der Waals surface area (Å²) in [6.45, 7) is 2.16. The van der Waals surface area contributed by atoms with Gasteiger partial charge in [-0.15, -0.1) is 0 Å². The molecule has 0 spiro atoms. The third-order valence-electron chi connectivity index (χ3n) is 6.22. The first-order valence-electron chi connectivity index (χ1n) is 10.6. The highest BCUT2D eigenvalue weighted by Crippen LogP contribution is 2.29. The number of nitrogens with zero attached hydrogens (tertiary/aromatic N) is 2. The number of halogens is 3. The van der Waals surface area contributed by atoms with Gasteiger partial charge in [0.1, 0.15) is 0 Å². The van der Waals surface area contributed by atoms with Crippen molar-refractivity contribution in [3.05, 3.63) is 35.4 Å². The van der Waals surface area contributed by atoms with Crippen LogP contribution in [-0.2, 0) is 21.0 Å². The average Bonchev–Trinajstić information content (AvgIpc) is 2.76. The fraction of sp³-hybridized carbons (Fsp3) is 0.619. The fourth-order valence-corrected chi connectivity index (χ4v) is 5.04. The van der Waals surface area contributed by atoms with Crippen LogP contribution in [0.15, 0.2) is 24.3 Å². The lowest BCUT2D eigenvalue weighted by Gasteiger charge is -2.33. The molecule has 178 valence electrons. The van der Waals surface area contributed by atoms with E-state index in [0.29, 0.717) is 58.4 Å². The molecule has 3 rings (SSSR count). The van der Waals surface area contributed by atoms with Crippen LogP contribution in [0.3, 0.4) is 0 Å². The van der Waals surface area contributed by atoms with Crippen molar-refractivity contribution in [1.82, 2.24) is 14.5 Å². The van der Waals surface area contributed by atoms with Crippen LogP contribution in [0.5, 0.6) is 0 Å². The van der Waals surface area contributed by atoms with Crippen molar-refractivity contribution in [2.24, 2.45) is 11.8 Å². The van der Waals surface area contributed by atoms with Crippen molar-refractivity contribution >= 4 is 21.8 Å². The Morgan fingerprint density at radius 2 is 1.56 bits per heavy atom. The molecule has 0 saturated carbocycles. The Hall–Kier alpha value is -2.14. The molecular weight excluding hydrogens is 447 g/mol. The zero-order valence-corrected chi connectivity index (χ0v) is 18.7. The van der Waals surface area contributed by atoms with Gasteiger partial charge in [-0.1, -0.05) is 0 Å². The summed E-state index contributed by atoms with van der Waals surface area (Å²) in [7, 11) is -3.18. The summed E-state index contributed by atoms with van der Waals surface area (Å²) in [4.78, 5) is 26.6. The maximum Gasteiger partial charge on any atom is 0.416 e. The molecule has 2 heterocycles. The van der Waals surface area contributed by atoms with Gasteiger partial charge in [-0.25, -0.2) is 12.7 Å². The lowest BCUT2D eigenvalue weighted by atomic mass is 9.94. The Kier molecular flexibility index (Phi) is 7.49. The van der Waals surface area contributed by atoms with E-state index < -0.39 is 21.8 Å². The number of rotatable bonds is 5. The number of nitrogens with one attached hydrogen (secondary N) is 1. The number of piperidine rings is 2. The number of amides is 2. The standard InChI is InChI=1S/C21H28F3N3O4S/c1-32(30,31)27-12-6-15(7-13-27)14-25-19(28)16-8-10-26(11-9-16)20(29)17-2-4-18(5-3-17)21(22,23)24/h2-5,15-16H,6-14H2,1H3,(H,25,28). The smallest absolute Gasteiger partial charge is 0.356 e. The van der Waals surface area contributed by atoms with Crippen molar-refractivity contribution < 1.29 is 31.2 Å². The topological polar surface area (TPSA) is 86.8 Å². The predicted octanol–water partition coefficient (Wildman–Crippen LogP) is 2.35. The van der Waals surface area contributed by atoms with Gasteiger partial charge in [-0.2, -0.15) is 13.2 Å².